The number of hydrogen-bond acceptors (Lipinski definition) is 4. The average Bonchev–Trinajstić information content (AvgIpc) is 2.95. The van der Waals surface area contributed by atoms with Gasteiger partial charge in [0.2, 0.25) is 5.91 Å². The second-order valence-corrected chi connectivity index (χ2v) is 12.6. The lowest BCUT2D eigenvalue weighted by Crippen LogP contribution is -2.53. The van der Waals surface area contributed by atoms with E-state index in [1.54, 1.807) is 31.7 Å². The van der Waals surface area contributed by atoms with Crippen molar-refractivity contribution in [2.45, 2.75) is 91.8 Å². The molecule has 3 aromatic carbocycles. The first kappa shape index (κ1) is 34.6. The zero-order valence-electron chi connectivity index (χ0n) is 27.0. The number of rotatable bonds is 12. The summed E-state index contributed by atoms with van der Waals surface area (Å²) >= 11 is 6.52. The number of unbranched alkanes of at least 4 members (excludes halogenated alkanes) is 2. The highest BCUT2D eigenvalue weighted by molar-refractivity contribution is 6.34. The first-order valence-electron chi connectivity index (χ1n) is 15.3. The number of carbonyl (C=O) groups is 3. The van der Waals surface area contributed by atoms with Gasteiger partial charge in [0.05, 0.1) is 10.7 Å². The Labute approximate surface area is 267 Å². The molecule has 0 aliphatic carbocycles. The van der Waals surface area contributed by atoms with Crippen LogP contribution in [0.5, 0.6) is 0 Å². The van der Waals surface area contributed by atoms with Crippen LogP contribution in [0.1, 0.15) is 80.8 Å². The molecule has 0 spiro atoms. The number of amides is 3. The summed E-state index contributed by atoms with van der Waals surface area (Å²) in [5.74, 6) is -0.747. The van der Waals surface area contributed by atoms with Gasteiger partial charge in [0, 0.05) is 13.0 Å². The van der Waals surface area contributed by atoms with Gasteiger partial charge in [-0.05, 0) is 81.8 Å². The molecule has 0 saturated carbocycles. The number of aryl methyl sites for hydroxylation is 2. The van der Waals surface area contributed by atoms with Crippen LogP contribution in [0.4, 0.5) is 10.5 Å². The summed E-state index contributed by atoms with van der Waals surface area (Å²) in [6, 6.07) is 18.7. The van der Waals surface area contributed by atoms with E-state index >= 15 is 0 Å². The fourth-order valence-electron chi connectivity index (χ4n) is 5.10. The summed E-state index contributed by atoms with van der Waals surface area (Å²) in [6.45, 7) is 13.5. The molecule has 0 aliphatic heterocycles. The maximum Gasteiger partial charge on any atom is 0.408 e. The largest absolute Gasteiger partial charge is 0.444 e. The predicted molar refractivity (Wildman–Crippen MR) is 178 cm³/mol. The highest BCUT2D eigenvalue weighted by atomic mass is 35.5. The van der Waals surface area contributed by atoms with Crippen molar-refractivity contribution in [2.75, 3.05) is 11.9 Å². The molecule has 2 unspecified atom stereocenters. The van der Waals surface area contributed by atoms with Crippen molar-refractivity contribution < 1.29 is 19.1 Å². The van der Waals surface area contributed by atoms with Gasteiger partial charge in [0.15, 0.2) is 0 Å². The number of carbonyl (C=O) groups excluding carboxylic acids is 3. The number of hydrogen-bond donors (Lipinski definition) is 2. The Kier molecular flexibility index (Phi) is 12.4. The summed E-state index contributed by atoms with van der Waals surface area (Å²) in [7, 11) is 0. The first-order chi connectivity index (χ1) is 20.8. The van der Waals surface area contributed by atoms with Crippen molar-refractivity contribution in [2.24, 2.45) is 0 Å². The van der Waals surface area contributed by atoms with Gasteiger partial charge in [-0.15, -0.1) is 0 Å². The van der Waals surface area contributed by atoms with Gasteiger partial charge in [0.1, 0.15) is 17.7 Å². The predicted octanol–water partition coefficient (Wildman–Crippen LogP) is 8.10. The Morgan fingerprint density at radius 2 is 1.55 bits per heavy atom. The Balaban J connectivity index is 2.14. The Morgan fingerprint density at radius 3 is 2.18 bits per heavy atom. The third kappa shape index (κ3) is 9.58. The van der Waals surface area contributed by atoms with E-state index in [1.165, 1.54) is 0 Å². The van der Waals surface area contributed by atoms with Crippen molar-refractivity contribution in [3.05, 3.63) is 99.6 Å². The van der Waals surface area contributed by atoms with E-state index < -0.39 is 23.8 Å². The molecule has 0 bridgehead atoms. The molecule has 0 heterocycles. The highest BCUT2D eigenvalue weighted by Crippen LogP contribution is 2.32. The van der Waals surface area contributed by atoms with Crippen LogP contribution in [-0.2, 0) is 20.7 Å². The molecule has 0 aliphatic rings. The minimum absolute atomic E-state index is 0.230. The Hall–Kier alpha value is -3.84. The molecule has 0 aromatic heterocycles. The molecule has 3 aromatic rings. The molecule has 44 heavy (non-hydrogen) atoms. The van der Waals surface area contributed by atoms with Gasteiger partial charge in [-0.3, -0.25) is 9.59 Å². The van der Waals surface area contributed by atoms with Crippen LogP contribution in [0, 0.1) is 20.8 Å². The fraction of sp³-hybridized carbons (Fsp3) is 0.417. The van der Waals surface area contributed by atoms with E-state index in [0.717, 1.165) is 35.1 Å². The maximum absolute atomic E-state index is 14.7. The number of para-hydroxylation sites is 1. The SMILES string of the molecule is CCCCCN(C(=O)C(Cc1ccccc1)NC(=O)OC(C)(C)C)C(C(=O)Nc1c(C)cccc1Cl)c1cccc(C)c1C. The van der Waals surface area contributed by atoms with E-state index in [1.807, 2.05) is 81.4 Å². The van der Waals surface area contributed by atoms with Crippen LogP contribution in [-0.4, -0.2) is 41.0 Å². The van der Waals surface area contributed by atoms with E-state index in [0.29, 0.717) is 29.2 Å². The second-order valence-electron chi connectivity index (χ2n) is 12.2. The van der Waals surface area contributed by atoms with Crippen LogP contribution in [0.15, 0.2) is 66.7 Å². The number of alkyl carbamates (subject to hydrolysis) is 1. The lowest BCUT2D eigenvalue weighted by atomic mass is 9.94. The highest BCUT2D eigenvalue weighted by Gasteiger charge is 2.37. The minimum Gasteiger partial charge on any atom is -0.444 e. The summed E-state index contributed by atoms with van der Waals surface area (Å²) in [4.78, 5) is 43.7. The van der Waals surface area contributed by atoms with Gasteiger partial charge < -0.3 is 20.3 Å². The quantitative estimate of drug-likeness (QED) is 0.201. The van der Waals surface area contributed by atoms with Gasteiger partial charge in [-0.25, -0.2) is 4.79 Å². The maximum atomic E-state index is 14.7. The van der Waals surface area contributed by atoms with Crippen LogP contribution >= 0.6 is 11.6 Å². The Bertz CT molecular complexity index is 1410. The fourth-order valence-corrected chi connectivity index (χ4v) is 5.37. The molecular formula is C36H46ClN3O4. The van der Waals surface area contributed by atoms with E-state index in [-0.39, 0.29) is 18.2 Å². The molecule has 0 saturated heterocycles. The molecule has 0 radical (unpaired) electrons. The van der Waals surface area contributed by atoms with Crippen molar-refractivity contribution >= 4 is 35.2 Å². The lowest BCUT2D eigenvalue weighted by molar-refractivity contribution is -0.140. The van der Waals surface area contributed by atoms with Crippen molar-refractivity contribution in [1.82, 2.24) is 10.2 Å². The molecule has 3 rings (SSSR count). The number of nitrogens with zero attached hydrogens (tertiary/aromatic N) is 1. The summed E-state index contributed by atoms with van der Waals surface area (Å²) < 4.78 is 5.55. The van der Waals surface area contributed by atoms with Crippen LogP contribution in [0.25, 0.3) is 0 Å². The van der Waals surface area contributed by atoms with Crippen molar-refractivity contribution in [3.63, 3.8) is 0 Å². The zero-order chi connectivity index (χ0) is 32.4. The molecular weight excluding hydrogens is 574 g/mol. The average molecular weight is 620 g/mol. The standard InChI is InChI=1S/C36H46ClN3O4/c1-8-9-13-22-40(34(42)30(23-27-18-11-10-12-19-27)38-35(43)44-36(5,6)7)32(28-20-14-16-24(2)26(28)4)33(41)39-31-25(3)17-15-21-29(31)37/h10-12,14-21,30,32H,8-9,13,22-23H2,1-7H3,(H,38,43)(H,39,41). The van der Waals surface area contributed by atoms with Gasteiger partial charge in [0.25, 0.3) is 5.91 Å². The van der Waals surface area contributed by atoms with E-state index in [4.69, 9.17) is 16.3 Å². The van der Waals surface area contributed by atoms with Crippen molar-refractivity contribution in [1.29, 1.82) is 0 Å². The number of anilines is 1. The molecule has 2 atom stereocenters. The Morgan fingerprint density at radius 1 is 0.886 bits per heavy atom. The summed E-state index contributed by atoms with van der Waals surface area (Å²) in [5, 5.41) is 6.27. The van der Waals surface area contributed by atoms with Gasteiger partial charge in [-0.1, -0.05) is 92.0 Å². The lowest BCUT2D eigenvalue weighted by Gasteiger charge is -2.35. The molecule has 0 fully saturated rings. The topological polar surface area (TPSA) is 87.7 Å². The van der Waals surface area contributed by atoms with Crippen molar-refractivity contribution in [3.8, 4) is 0 Å². The number of ether oxygens (including phenoxy) is 1. The summed E-state index contributed by atoms with van der Waals surface area (Å²) in [5.41, 5.74) is 4.06. The molecule has 8 heteroatoms. The van der Waals surface area contributed by atoms with Gasteiger partial charge in [-0.2, -0.15) is 0 Å². The number of halogens is 1. The molecule has 236 valence electrons. The summed E-state index contributed by atoms with van der Waals surface area (Å²) in [6.07, 6.45) is 2.03. The van der Waals surface area contributed by atoms with E-state index in [2.05, 4.69) is 17.6 Å². The van der Waals surface area contributed by atoms with E-state index in [9.17, 15) is 14.4 Å². The third-order valence-corrected chi connectivity index (χ3v) is 7.84. The molecule has 7 nitrogen and oxygen atoms in total. The van der Waals surface area contributed by atoms with Gasteiger partial charge >= 0.3 is 6.09 Å². The molecule has 3 amide bonds. The normalized spacial score (nSPS) is 12.6. The van der Waals surface area contributed by atoms with Crippen LogP contribution in [0.3, 0.4) is 0 Å². The monoisotopic (exact) mass is 619 g/mol. The van der Waals surface area contributed by atoms with Crippen LogP contribution < -0.4 is 10.6 Å². The smallest absolute Gasteiger partial charge is 0.408 e. The third-order valence-electron chi connectivity index (χ3n) is 7.53. The zero-order valence-corrected chi connectivity index (χ0v) is 27.8. The number of nitrogens with one attached hydrogen (secondary N) is 2. The molecule has 2 N–H and O–H groups in total. The van der Waals surface area contributed by atoms with Crippen LogP contribution in [0.2, 0.25) is 5.02 Å². The second kappa shape index (κ2) is 15.8. The minimum atomic E-state index is -0.978. The first-order valence-corrected chi connectivity index (χ1v) is 15.7. The number of benzene rings is 3.